The highest BCUT2D eigenvalue weighted by molar-refractivity contribution is 5.68. The largest absolute Gasteiger partial charge is 0.497 e. The Morgan fingerprint density at radius 1 is 0.889 bits per heavy atom. The van der Waals surface area contributed by atoms with Gasteiger partial charge in [0.2, 0.25) is 0 Å². The molecule has 0 aromatic heterocycles. The molecule has 0 radical (unpaired) electrons. The van der Waals surface area contributed by atoms with Crippen LogP contribution in [0.25, 0.3) is 5.76 Å². The number of fused-ring (bicyclic) bond motifs is 1. The van der Waals surface area contributed by atoms with E-state index >= 15 is 0 Å². The van der Waals surface area contributed by atoms with E-state index in [1.54, 1.807) is 7.11 Å². The monoisotopic (exact) mass is 358 g/mol. The van der Waals surface area contributed by atoms with Gasteiger partial charge in [-0.15, -0.1) is 0 Å². The normalized spacial score (nSPS) is 15.3. The molecule has 0 N–H and O–H groups in total. The number of allylic oxidation sites excluding steroid dienone is 1. The topological polar surface area (TPSA) is 27.7 Å². The van der Waals surface area contributed by atoms with Crippen LogP contribution in [0, 0.1) is 0 Å². The van der Waals surface area contributed by atoms with Crippen LogP contribution in [0.2, 0.25) is 0 Å². The molecule has 0 fully saturated rings. The molecule has 4 rings (SSSR count). The number of benzene rings is 3. The highest BCUT2D eigenvalue weighted by Crippen LogP contribution is 2.41. The molecule has 3 heteroatoms. The van der Waals surface area contributed by atoms with Gasteiger partial charge in [0.1, 0.15) is 23.0 Å². The highest BCUT2D eigenvalue weighted by atomic mass is 16.5. The number of methoxy groups -OCH3 is 1. The van der Waals surface area contributed by atoms with Crippen LogP contribution in [0.4, 0.5) is 0 Å². The summed E-state index contributed by atoms with van der Waals surface area (Å²) in [5.74, 6) is 3.56. The molecule has 27 heavy (non-hydrogen) atoms. The van der Waals surface area contributed by atoms with Crippen molar-refractivity contribution in [1.29, 1.82) is 0 Å². The molecule has 0 unspecified atom stereocenters. The molecule has 0 aliphatic carbocycles. The second-order valence-corrected chi connectivity index (χ2v) is 6.38. The maximum Gasteiger partial charge on any atom is 0.131 e. The van der Waals surface area contributed by atoms with Gasteiger partial charge < -0.3 is 14.2 Å². The molecule has 0 spiro atoms. The lowest BCUT2D eigenvalue weighted by molar-refractivity contribution is 0.340. The summed E-state index contributed by atoms with van der Waals surface area (Å²) >= 11 is 0. The molecule has 0 saturated carbocycles. The van der Waals surface area contributed by atoms with E-state index in [1.807, 2.05) is 61.5 Å². The standard InChI is InChI=1S/C24H22O3/c1-3-26-19-13-11-17(12-14-19)24-16-22(18-7-6-8-20(15-18)25-2)21-9-4-5-10-23(21)27-24/h4-16,22H,3H2,1-2H3/t22-/m0/s1. The molecule has 1 atom stereocenters. The van der Waals surface area contributed by atoms with E-state index in [1.165, 1.54) is 5.56 Å². The van der Waals surface area contributed by atoms with Crippen molar-refractivity contribution in [1.82, 2.24) is 0 Å². The van der Waals surface area contributed by atoms with Crippen molar-refractivity contribution < 1.29 is 14.2 Å². The summed E-state index contributed by atoms with van der Waals surface area (Å²) in [5, 5.41) is 0. The predicted molar refractivity (Wildman–Crippen MR) is 107 cm³/mol. The van der Waals surface area contributed by atoms with Gasteiger partial charge in [0.05, 0.1) is 13.7 Å². The van der Waals surface area contributed by atoms with Crippen LogP contribution in [-0.4, -0.2) is 13.7 Å². The van der Waals surface area contributed by atoms with E-state index in [-0.39, 0.29) is 5.92 Å². The molecular formula is C24H22O3. The van der Waals surface area contributed by atoms with Crippen molar-refractivity contribution in [2.75, 3.05) is 13.7 Å². The first-order valence-corrected chi connectivity index (χ1v) is 9.14. The quantitative estimate of drug-likeness (QED) is 0.589. The Labute approximate surface area is 159 Å². The second kappa shape index (κ2) is 7.58. The Bertz CT molecular complexity index is 957. The zero-order valence-corrected chi connectivity index (χ0v) is 15.5. The fourth-order valence-corrected chi connectivity index (χ4v) is 3.37. The minimum absolute atomic E-state index is 0.103. The molecule has 0 amide bonds. The smallest absolute Gasteiger partial charge is 0.131 e. The summed E-state index contributed by atoms with van der Waals surface area (Å²) in [6.45, 7) is 2.64. The third kappa shape index (κ3) is 3.54. The van der Waals surface area contributed by atoms with Crippen LogP contribution < -0.4 is 14.2 Å². The Kier molecular flexibility index (Phi) is 4.84. The van der Waals surface area contributed by atoms with E-state index < -0.39 is 0 Å². The van der Waals surface area contributed by atoms with E-state index in [0.717, 1.165) is 34.1 Å². The van der Waals surface area contributed by atoms with E-state index in [4.69, 9.17) is 14.2 Å². The van der Waals surface area contributed by atoms with Crippen molar-refractivity contribution in [3.8, 4) is 17.2 Å². The van der Waals surface area contributed by atoms with Gasteiger partial charge >= 0.3 is 0 Å². The van der Waals surface area contributed by atoms with Gasteiger partial charge in [-0.05, 0) is 61.0 Å². The first kappa shape index (κ1) is 17.2. The van der Waals surface area contributed by atoms with Gasteiger partial charge in [0.25, 0.3) is 0 Å². The fourth-order valence-electron chi connectivity index (χ4n) is 3.37. The molecule has 3 aromatic rings. The minimum Gasteiger partial charge on any atom is -0.497 e. The zero-order valence-electron chi connectivity index (χ0n) is 15.5. The van der Waals surface area contributed by atoms with Gasteiger partial charge in [0, 0.05) is 17.0 Å². The van der Waals surface area contributed by atoms with Crippen molar-refractivity contribution in [3.63, 3.8) is 0 Å². The van der Waals surface area contributed by atoms with Crippen LogP contribution in [0.3, 0.4) is 0 Å². The number of ether oxygens (including phenoxy) is 3. The number of para-hydroxylation sites is 1. The predicted octanol–water partition coefficient (Wildman–Crippen LogP) is 5.66. The summed E-state index contributed by atoms with van der Waals surface area (Å²) in [4.78, 5) is 0. The van der Waals surface area contributed by atoms with Gasteiger partial charge in [-0.25, -0.2) is 0 Å². The van der Waals surface area contributed by atoms with Gasteiger partial charge in [-0.1, -0.05) is 30.3 Å². The molecule has 1 heterocycles. The van der Waals surface area contributed by atoms with Crippen LogP contribution in [0.15, 0.2) is 78.9 Å². The zero-order chi connectivity index (χ0) is 18.6. The van der Waals surface area contributed by atoms with Crippen LogP contribution in [0.1, 0.15) is 29.5 Å². The van der Waals surface area contributed by atoms with Crippen molar-refractivity contribution in [2.24, 2.45) is 0 Å². The summed E-state index contributed by atoms with van der Waals surface area (Å²) in [6, 6.07) is 24.4. The van der Waals surface area contributed by atoms with Crippen LogP contribution >= 0.6 is 0 Å². The maximum absolute atomic E-state index is 6.22. The Morgan fingerprint density at radius 3 is 2.48 bits per heavy atom. The minimum atomic E-state index is 0.103. The third-order valence-corrected chi connectivity index (χ3v) is 4.69. The first-order valence-electron chi connectivity index (χ1n) is 9.14. The number of hydrogen-bond donors (Lipinski definition) is 0. The fraction of sp³-hybridized carbons (Fsp3) is 0.167. The lowest BCUT2D eigenvalue weighted by Gasteiger charge is -2.25. The van der Waals surface area contributed by atoms with Crippen molar-refractivity contribution >= 4 is 5.76 Å². The Balaban J connectivity index is 1.76. The SMILES string of the molecule is CCOc1ccc(C2=C[C@@H](c3cccc(OC)c3)c3ccccc3O2)cc1. The first-order chi connectivity index (χ1) is 13.3. The van der Waals surface area contributed by atoms with Gasteiger partial charge in [-0.3, -0.25) is 0 Å². The maximum atomic E-state index is 6.22. The number of rotatable bonds is 5. The molecule has 0 saturated heterocycles. The highest BCUT2D eigenvalue weighted by Gasteiger charge is 2.24. The summed E-state index contributed by atoms with van der Waals surface area (Å²) in [6.07, 6.45) is 2.17. The van der Waals surface area contributed by atoms with Gasteiger partial charge in [0.15, 0.2) is 0 Å². The molecule has 1 aliphatic heterocycles. The average Bonchev–Trinajstić information content (AvgIpc) is 2.74. The number of hydrogen-bond acceptors (Lipinski definition) is 3. The summed E-state index contributed by atoms with van der Waals surface area (Å²) in [5.41, 5.74) is 3.36. The van der Waals surface area contributed by atoms with E-state index in [2.05, 4.69) is 24.3 Å². The lowest BCUT2D eigenvalue weighted by atomic mass is 9.87. The van der Waals surface area contributed by atoms with Crippen LogP contribution in [0.5, 0.6) is 17.2 Å². The molecule has 136 valence electrons. The summed E-state index contributed by atoms with van der Waals surface area (Å²) < 4.78 is 17.2. The van der Waals surface area contributed by atoms with Crippen molar-refractivity contribution in [3.05, 3.63) is 95.6 Å². The Hall–Kier alpha value is -3.20. The summed E-state index contributed by atoms with van der Waals surface area (Å²) in [7, 11) is 1.69. The molecule has 3 nitrogen and oxygen atoms in total. The average molecular weight is 358 g/mol. The van der Waals surface area contributed by atoms with E-state index in [0.29, 0.717) is 6.61 Å². The molecule has 0 bridgehead atoms. The molecule has 1 aliphatic rings. The second-order valence-electron chi connectivity index (χ2n) is 6.38. The third-order valence-electron chi connectivity index (χ3n) is 4.69. The molecule has 3 aromatic carbocycles. The Morgan fingerprint density at radius 2 is 1.70 bits per heavy atom. The van der Waals surface area contributed by atoms with E-state index in [9.17, 15) is 0 Å². The van der Waals surface area contributed by atoms with Crippen LogP contribution in [-0.2, 0) is 0 Å². The van der Waals surface area contributed by atoms with Crippen molar-refractivity contribution in [2.45, 2.75) is 12.8 Å². The lowest BCUT2D eigenvalue weighted by Crippen LogP contribution is -2.10. The molecular weight excluding hydrogens is 336 g/mol. The van der Waals surface area contributed by atoms with Gasteiger partial charge in [-0.2, -0.15) is 0 Å².